The molecule has 0 bridgehead atoms. The SMILES string of the molecule is CC[C@H](C)[C@H](NC(=O)c1cn(CCC(C)C)nn1)C(=O)O. The molecule has 1 amide bonds. The van der Waals surface area contributed by atoms with Crippen molar-refractivity contribution in [2.45, 2.75) is 53.1 Å². The summed E-state index contributed by atoms with van der Waals surface area (Å²) in [5.74, 6) is -1.15. The van der Waals surface area contributed by atoms with Crippen LogP contribution in [0.4, 0.5) is 0 Å². The number of carbonyl (C=O) groups excluding carboxylic acids is 1. The first kappa shape index (κ1) is 17.1. The van der Waals surface area contributed by atoms with Gasteiger partial charge in [-0.3, -0.25) is 9.48 Å². The molecule has 21 heavy (non-hydrogen) atoms. The van der Waals surface area contributed by atoms with Crippen LogP contribution in [0.15, 0.2) is 6.20 Å². The summed E-state index contributed by atoms with van der Waals surface area (Å²) < 4.78 is 1.61. The molecule has 0 aliphatic rings. The highest BCUT2D eigenvalue weighted by molar-refractivity contribution is 5.94. The van der Waals surface area contributed by atoms with Gasteiger partial charge in [0.25, 0.3) is 5.91 Å². The van der Waals surface area contributed by atoms with Gasteiger partial charge in [0.2, 0.25) is 0 Å². The first-order valence-electron chi connectivity index (χ1n) is 7.28. The van der Waals surface area contributed by atoms with E-state index in [4.69, 9.17) is 5.11 Å². The normalized spacial score (nSPS) is 14.0. The summed E-state index contributed by atoms with van der Waals surface area (Å²) in [5.41, 5.74) is 0.147. The van der Waals surface area contributed by atoms with Crippen LogP contribution in [0.3, 0.4) is 0 Å². The van der Waals surface area contributed by atoms with E-state index in [0.29, 0.717) is 18.9 Å². The Morgan fingerprint density at radius 2 is 2.05 bits per heavy atom. The Kier molecular flexibility index (Phi) is 6.33. The van der Waals surface area contributed by atoms with Crippen molar-refractivity contribution < 1.29 is 14.7 Å². The smallest absolute Gasteiger partial charge is 0.326 e. The third-order valence-electron chi connectivity index (χ3n) is 3.47. The van der Waals surface area contributed by atoms with Crippen molar-refractivity contribution in [3.8, 4) is 0 Å². The molecule has 0 saturated carbocycles. The van der Waals surface area contributed by atoms with Crippen LogP contribution in [-0.4, -0.2) is 38.0 Å². The fraction of sp³-hybridized carbons (Fsp3) is 0.714. The first-order valence-corrected chi connectivity index (χ1v) is 7.28. The third kappa shape index (κ3) is 5.17. The third-order valence-corrected chi connectivity index (χ3v) is 3.47. The Morgan fingerprint density at radius 1 is 1.38 bits per heavy atom. The van der Waals surface area contributed by atoms with Gasteiger partial charge in [0, 0.05) is 6.54 Å². The number of nitrogens with zero attached hydrogens (tertiary/aromatic N) is 3. The minimum absolute atomic E-state index is 0.147. The van der Waals surface area contributed by atoms with E-state index in [1.165, 1.54) is 0 Å². The summed E-state index contributed by atoms with van der Waals surface area (Å²) in [7, 11) is 0. The molecule has 0 radical (unpaired) electrons. The summed E-state index contributed by atoms with van der Waals surface area (Å²) >= 11 is 0. The van der Waals surface area contributed by atoms with Crippen molar-refractivity contribution in [1.82, 2.24) is 20.3 Å². The first-order chi connectivity index (χ1) is 9.85. The van der Waals surface area contributed by atoms with Gasteiger partial charge in [0.1, 0.15) is 6.04 Å². The maximum atomic E-state index is 12.0. The highest BCUT2D eigenvalue weighted by Crippen LogP contribution is 2.09. The number of aliphatic carboxylic acids is 1. The second kappa shape index (κ2) is 7.75. The van der Waals surface area contributed by atoms with E-state index < -0.39 is 17.9 Å². The van der Waals surface area contributed by atoms with Gasteiger partial charge in [-0.2, -0.15) is 0 Å². The molecule has 2 atom stereocenters. The van der Waals surface area contributed by atoms with Crippen LogP contribution in [0.25, 0.3) is 0 Å². The van der Waals surface area contributed by atoms with E-state index in [1.807, 2.05) is 6.92 Å². The molecular formula is C14H24N4O3. The molecule has 1 aromatic rings. The van der Waals surface area contributed by atoms with Gasteiger partial charge in [-0.05, 0) is 18.3 Å². The van der Waals surface area contributed by atoms with Crippen molar-refractivity contribution in [2.24, 2.45) is 11.8 Å². The van der Waals surface area contributed by atoms with Gasteiger partial charge in [-0.25, -0.2) is 4.79 Å². The summed E-state index contributed by atoms with van der Waals surface area (Å²) in [5, 5.41) is 19.4. The van der Waals surface area contributed by atoms with Crippen molar-refractivity contribution >= 4 is 11.9 Å². The number of carbonyl (C=O) groups is 2. The maximum Gasteiger partial charge on any atom is 0.326 e. The second-order valence-electron chi connectivity index (χ2n) is 5.72. The van der Waals surface area contributed by atoms with E-state index in [0.717, 1.165) is 6.42 Å². The van der Waals surface area contributed by atoms with Crippen LogP contribution in [0.2, 0.25) is 0 Å². The lowest BCUT2D eigenvalue weighted by atomic mass is 9.99. The molecule has 0 aliphatic heterocycles. The molecule has 0 saturated heterocycles. The Balaban J connectivity index is 2.68. The molecule has 0 fully saturated rings. The van der Waals surface area contributed by atoms with Crippen LogP contribution in [-0.2, 0) is 11.3 Å². The fourth-order valence-electron chi connectivity index (χ4n) is 1.80. The number of nitrogens with one attached hydrogen (secondary N) is 1. The number of hydrogen-bond acceptors (Lipinski definition) is 4. The number of carboxylic acids is 1. The molecule has 1 rings (SSSR count). The summed E-state index contributed by atoms with van der Waals surface area (Å²) in [6.45, 7) is 8.57. The Morgan fingerprint density at radius 3 is 2.57 bits per heavy atom. The quantitative estimate of drug-likeness (QED) is 0.758. The van der Waals surface area contributed by atoms with E-state index in [9.17, 15) is 9.59 Å². The van der Waals surface area contributed by atoms with Gasteiger partial charge in [0.15, 0.2) is 5.69 Å². The molecule has 1 heterocycles. The van der Waals surface area contributed by atoms with E-state index in [-0.39, 0.29) is 11.6 Å². The lowest BCUT2D eigenvalue weighted by Gasteiger charge is -2.19. The van der Waals surface area contributed by atoms with Crippen LogP contribution in [0, 0.1) is 11.8 Å². The van der Waals surface area contributed by atoms with Crippen molar-refractivity contribution in [1.29, 1.82) is 0 Å². The molecule has 0 aromatic carbocycles. The van der Waals surface area contributed by atoms with Crippen molar-refractivity contribution in [2.75, 3.05) is 0 Å². The average Bonchev–Trinajstić information content (AvgIpc) is 2.90. The number of aryl methyl sites for hydroxylation is 1. The van der Waals surface area contributed by atoms with Gasteiger partial charge in [0.05, 0.1) is 6.20 Å². The number of aromatic nitrogens is 3. The van der Waals surface area contributed by atoms with Crippen molar-refractivity contribution in [3.63, 3.8) is 0 Å². The van der Waals surface area contributed by atoms with E-state index in [2.05, 4.69) is 29.5 Å². The summed E-state index contributed by atoms with van der Waals surface area (Å²) in [6, 6.07) is -0.914. The lowest BCUT2D eigenvalue weighted by molar-refractivity contribution is -0.140. The van der Waals surface area contributed by atoms with Crippen LogP contribution < -0.4 is 5.32 Å². The minimum Gasteiger partial charge on any atom is -0.480 e. The predicted octanol–water partition coefficient (Wildman–Crippen LogP) is 1.55. The van der Waals surface area contributed by atoms with Crippen LogP contribution in [0.1, 0.15) is 51.0 Å². The average molecular weight is 296 g/mol. The second-order valence-corrected chi connectivity index (χ2v) is 5.72. The molecular weight excluding hydrogens is 272 g/mol. The van der Waals surface area contributed by atoms with Crippen LogP contribution in [0.5, 0.6) is 0 Å². The molecule has 0 spiro atoms. The zero-order valence-electron chi connectivity index (χ0n) is 13.0. The number of hydrogen-bond donors (Lipinski definition) is 2. The van der Waals surface area contributed by atoms with E-state index >= 15 is 0 Å². The molecule has 2 N–H and O–H groups in total. The predicted molar refractivity (Wildman–Crippen MR) is 77.8 cm³/mol. The van der Waals surface area contributed by atoms with Gasteiger partial charge < -0.3 is 10.4 Å². The molecule has 0 aliphatic carbocycles. The molecule has 118 valence electrons. The zero-order valence-corrected chi connectivity index (χ0v) is 13.0. The Bertz CT molecular complexity index is 484. The summed E-state index contributed by atoms with van der Waals surface area (Å²) in [4.78, 5) is 23.2. The monoisotopic (exact) mass is 296 g/mol. The molecule has 0 unspecified atom stereocenters. The standard InChI is InChI=1S/C14H24N4O3/c1-5-10(4)12(14(20)21)15-13(19)11-8-18(17-16-11)7-6-9(2)3/h8-10,12H,5-7H2,1-4H3,(H,15,19)(H,20,21)/t10-,12-/m0/s1. The lowest BCUT2D eigenvalue weighted by Crippen LogP contribution is -2.45. The topological polar surface area (TPSA) is 97.1 Å². The van der Waals surface area contributed by atoms with Gasteiger partial charge in [-0.15, -0.1) is 5.10 Å². The number of rotatable bonds is 8. The number of amides is 1. The molecule has 1 aromatic heterocycles. The number of carboxylic acid groups (broad SMARTS) is 1. The molecule has 7 nitrogen and oxygen atoms in total. The minimum atomic E-state index is -1.04. The van der Waals surface area contributed by atoms with Crippen LogP contribution >= 0.6 is 0 Å². The van der Waals surface area contributed by atoms with E-state index in [1.54, 1.807) is 17.8 Å². The fourth-order valence-corrected chi connectivity index (χ4v) is 1.80. The Labute approximate surface area is 124 Å². The van der Waals surface area contributed by atoms with Gasteiger partial charge >= 0.3 is 5.97 Å². The highest BCUT2D eigenvalue weighted by Gasteiger charge is 2.26. The zero-order chi connectivity index (χ0) is 16.0. The van der Waals surface area contributed by atoms with Crippen molar-refractivity contribution in [3.05, 3.63) is 11.9 Å². The Hall–Kier alpha value is -1.92. The highest BCUT2D eigenvalue weighted by atomic mass is 16.4. The van der Waals surface area contributed by atoms with Gasteiger partial charge in [-0.1, -0.05) is 39.3 Å². The molecule has 7 heteroatoms. The summed E-state index contributed by atoms with van der Waals surface area (Å²) in [6.07, 6.45) is 3.15. The maximum absolute atomic E-state index is 12.0. The largest absolute Gasteiger partial charge is 0.480 e.